The fraction of sp³-hybridized carbons (Fsp3) is 0.182. The predicted molar refractivity (Wildman–Crippen MR) is 170 cm³/mol. The number of hydrogen-bond donors (Lipinski definition) is 4. The van der Waals surface area contributed by atoms with Crippen LogP contribution in [0.25, 0.3) is 22.4 Å². The number of benzene rings is 3. The number of guanidine groups is 1. The molecule has 11 nitrogen and oxygen atoms in total. The molecule has 1 unspecified atom stereocenters. The molecule has 0 spiro atoms. The van der Waals surface area contributed by atoms with E-state index in [0.717, 1.165) is 11.3 Å². The number of nitrogens with zero attached hydrogens (tertiary/aromatic N) is 4. The van der Waals surface area contributed by atoms with Crippen LogP contribution < -0.4 is 27.3 Å². The molecule has 44 heavy (non-hydrogen) atoms. The summed E-state index contributed by atoms with van der Waals surface area (Å²) in [6, 6.07) is 26.0. The van der Waals surface area contributed by atoms with Gasteiger partial charge in [-0.15, -0.1) is 0 Å². The average molecular weight is 591 g/mol. The van der Waals surface area contributed by atoms with Crippen LogP contribution in [-0.2, 0) is 17.8 Å². The van der Waals surface area contributed by atoms with Gasteiger partial charge in [0.15, 0.2) is 5.96 Å². The van der Waals surface area contributed by atoms with Gasteiger partial charge < -0.3 is 31.8 Å². The van der Waals surface area contributed by atoms with Gasteiger partial charge in [0.2, 0.25) is 5.91 Å². The number of fused-ring (bicyclic) bond motifs is 1. The Bertz CT molecular complexity index is 1800. The first-order chi connectivity index (χ1) is 21.3. The monoisotopic (exact) mass is 590 g/mol. The minimum absolute atomic E-state index is 0.0434. The highest BCUT2D eigenvalue weighted by Gasteiger charge is 2.23. The van der Waals surface area contributed by atoms with Gasteiger partial charge in [0.25, 0.3) is 5.91 Å². The van der Waals surface area contributed by atoms with Crippen LogP contribution in [-0.4, -0.2) is 45.4 Å². The van der Waals surface area contributed by atoms with E-state index in [4.69, 9.17) is 26.9 Å². The molecule has 0 saturated heterocycles. The summed E-state index contributed by atoms with van der Waals surface area (Å²) in [6.45, 7) is 2.48. The van der Waals surface area contributed by atoms with Crippen molar-refractivity contribution in [2.75, 3.05) is 13.1 Å². The van der Waals surface area contributed by atoms with Gasteiger partial charge in [0, 0.05) is 48.4 Å². The lowest BCUT2D eigenvalue weighted by Gasteiger charge is -2.16. The lowest BCUT2D eigenvalue weighted by atomic mass is 9.96. The van der Waals surface area contributed by atoms with Gasteiger partial charge in [0.05, 0.1) is 11.0 Å². The SMILES string of the molecule is CC(CN=C(N)N)c1cc(C(=O)NCCc2ccccn2)cc2nc(-c3cccc(Oc4ccccc4)c3)n(CC(N)=O)c12. The van der Waals surface area contributed by atoms with Crippen molar-refractivity contribution in [3.63, 3.8) is 0 Å². The third-order valence-corrected chi connectivity index (χ3v) is 6.99. The van der Waals surface area contributed by atoms with Crippen LogP contribution in [0.3, 0.4) is 0 Å². The number of carbonyl (C=O) groups excluding carboxylic acids is 2. The second kappa shape index (κ2) is 13.5. The number of aliphatic imine (C=N–C) groups is 1. The van der Waals surface area contributed by atoms with Crippen LogP contribution in [0.5, 0.6) is 11.5 Å². The maximum atomic E-state index is 13.4. The number of nitrogens with two attached hydrogens (primary N) is 3. The summed E-state index contributed by atoms with van der Waals surface area (Å²) in [5.74, 6) is 0.706. The second-order valence-electron chi connectivity index (χ2n) is 10.4. The van der Waals surface area contributed by atoms with Crippen molar-refractivity contribution in [3.05, 3.63) is 108 Å². The minimum atomic E-state index is -0.540. The summed E-state index contributed by atoms with van der Waals surface area (Å²) in [5, 5.41) is 2.97. The van der Waals surface area contributed by atoms with Gasteiger partial charge in [-0.2, -0.15) is 0 Å². The van der Waals surface area contributed by atoms with E-state index < -0.39 is 5.91 Å². The summed E-state index contributed by atoms with van der Waals surface area (Å²) in [5.41, 5.74) is 20.9. The Morgan fingerprint density at radius 2 is 1.73 bits per heavy atom. The fourth-order valence-corrected chi connectivity index (χ4v) is 4.95. The van der Waals surface area contributed by atoms with E-state index in [1.807, 2.05) is 79.7 Å². The van der Waals surface area contributed by atoms with E-state index in [9.17, 15) is 9.59 Å². The molecule has 2 amide bonds. The first-order valence-corrected chi connectivity index (χ1v) is 14.2. The number of aromatic nitrogens is 3. The van der Waals surface area contributed by atoms with Crippen molar-refractivity contribution >= 4 is 28.8 Å². The molecule has 0 aliphatic rings. The molecule has 2 heterocycles. The van der Waals surface area contributed by atoms with Gasteiger partial charge in [-0.3, -0.25) is 19.6 Å². The minimum Gasteiger partial charge on any atom is -0.457 e. The Morgan fingerprint density at radius 1 is 0.955 bits per heavy atom. The van der Waals surface area contributed by atoms with Crippen molar-refractivity contribution in [2.45, 2.75) is 25.8 Å². The van der Waals surface area contributed by atoms with Gasteiger partial charge in [-0.25, -0.2) is 4.98 Å². The number of ether oxygens (including phenoxy) is 1. The first-order valence-electron chi connectivity index (χ1n) is 14.2. The molecule has 5 aromatic rings. The number of imidazole rings is 1. The van der Waals surface area contributed by atoms with Crippen molar-refractivity contribution in [2.24, 2.45) is 22.2 Å². The number of primary amides is 1. The number of carbonyl (C=O) groups is 2. The first kappa shape index (κ1) is 29.8. The smallest absolute Gasteiger partial charge is 0.251 e. The molecule has 0 radical (unpaired) electrons. The Labute approximate surface area is 254 Å². The molecule has 0 aliphatic heterocycles. The van der Waals surface area contributed by atoms with E-state index in [1.54, 1.807) is 22.9 Å². The Balaban J connectivity index is 1.57. The van der Waals surface area contributed by atoms with Crippen molar-refractivity contribution < 1.29 is 14.3 Å². The highest BCUT2D eigenvalue weighted by atomic mass is 16.5. The molecule has 2 aromatic heterocycles. The Morgan fingerprint density at radius 3 is 2.45 bits per heavy atom. The molecule has 0 saturated carbocycles. The van der Waals surface area contributed by atoms with Gasteiger partial charge in [-0.1, -0.05) is 43.3 Å². The molecule has 7 N–H and O–H groups in total. The van der Waals surface area contributed by atoms with Crippen LogP contribution in [0.1, 0.15) is 34.5 Å². The molecule has 3 aromatic carbocycles. The molecule has 224 valence electrons. The maximum absolute atomic E-state index is 13.4. The zero-order chi connectivity index (χ0) is 31.1. The van der Waals surface area contributed by atoms with Crippen LogP contribution >= 0.6 is 0 Å². The molecular formula is C33H34N8O3. The largest absolute Gasteiger partial charge is 0.457 e. The highest BCUT2D eigenvalue weighted by Crippen LogP contribution is 2.34. The number of nitrogens with one attached hydrogen (secondary N) is 1. The number of para-hydroxylation sites is 1. The zero-order valence-corrected chi connectivity index (χ0v) is 24.3. The topological polar surface area (TPSA) is 177 Å². The van der Waals surface area contributed by atoms with Gasteiger partial charge in [-0.05, 0) is 54.1 Å². The number of hydrogen-bond acceptors (Lipinski definition) is 6. The predicted octanol–water partition coefficient (Wildman–Crippen LogP) is 3.73. The normalized spacial score (nSPS) is 11.6. The molecule has 0 aliphatic carbocycles. The highest BCUT2D eigenvalue weighted by molar-refractivity contribution is 5.99. The molecular weight excluding hydrogens is 556 g/mol. The molecule has 5 rings (SSSR count). The van der Waals surface area contributed by atoms with Crippen molar-refractivity contribution in [1.29, 1.82) is 0 Å². The van der Waals surface area contributed by atoms with E-state index in [-0.39, 0.29) is 30.9 Å². The van der Waals surface area contributed by atoms with Crippen molar-refractivity contribution in [3.8, 4) is 22.9 Å². The quantitative estimate of drug-likeness (QED) is 0.126. The van der Waals surface area contributed by atoms with Crippen LogP contribution in [0, 0.1) is 0 Å². The summed E-state index contributed by atoms with van der Waals surface area (Å²) >= 11 is 0. The van der Waals surface area contributed by atoms with Gasteiger partial charge >= 0.3 is 0 Å². The standard InChI is InChI=1S/C33H34N8O3/c1-21(19-39-33(35)36)27-17-23(32(43)38-15-13-24-9-5-6-14-37-24)18-28-30(27)41(20-29(34)42)31(40-28)22-8-7-12-26(16-22)44-25-10-3-2-4-11-25/h2-12,14,16-18,21H,13,15,19-20H2,1H3,(H2,34,42)(H,38,43)(H4,35,36,39). The van der Waals surface area contributed by atoms with Crippen LogP contribution in [0.4, 0.5) is 0 Å². The Hall–Kier alpha value is -5.71. The fourth-order valence-electron chi connectivity index (χ4n) is 4.95. The van der Waals surface area contributed by atoms with Crippen LogP contribution in [0.2, 0.25) is 0 Å². The number of amides is 2. The maximum Gasteiger partial charge on any atom is 0.251 e. The number of pyridine rings is 1. The number of rotatable bonds is 12. The summed E-state index contributed by atoms with van der Waals surface area (Å²) in [4.78, 5) is 39.1. The van der Waals surface area contributed by atoms with E-state index in [1.165, 1.54) is 0 Å². The van der Waals surface area contributed by atoms with E-state index in [2.05, 4.69) is 15.3 Å². The second-order valence-corrected chi connectivity index (χ2v) is 10.4. The third kappa shape index (κ3) is 7.19. The lowest BCUT2D eigenvalue weighted by Crippen LogP contribution is -2.26. The van der Waals surface area contributed by atoms with Crippen LogP contribution in [0.15, 0.2) is 96.1 Å². The van der Waals surface area contributed by atoms with Gasteiger partial charge in [0.1, 0.15) is 23.9 Å². The molecule has 11 heteroatoms. The lowest BCUT2D eigenvalue weighted by molar-refractivity contribution is -0.118. The summed E-state index contributed by atoms with van der Waals surface area (Å²) in [7, 11) is 0. The Kier molecular flexibility index (Phi) is 9.14. The third-order valence-electron chi connectivity index (χ3n) is 6.99. The average Bonchev–Trinajstić information content (AvgIpc) is 3.38. The summed E-state index contributed by atoms with van der Waals surface area (Å²) in [6.07, 6.45) is 2.31. The van der Waals surface area contributed by atoms with Crippen molar-refractivity contribution in [1.82, 2.24) is 19.9 Å². The zero-order valence-electron chi connectivity index (χ0n) is 24.3. The van der Waals surface area contributed by atoms with E-state index in [0.29, 0.717) is 52.4 Å². The van der Waals surface area contributed by atoms with E-state index >= 15 is 0 Å². The summed E-state index contributed by atoms with van der Waals surface area (Å²) < 4.78 is 7.81. The molecule has 1 atom stereocenters. The molecule has 0 fully saturated rings. The molecule has 0 bridgehead atoms.